The van der Waals surface area contributed by atoms with Gasteiger partial charge in [-0.3, -0.25) is 5.47 Å². The van der Waals surface area contributed by atoms with Gasteiger partial charge in [-0.25, -0.2) is 0 Å². The van der Waals surface area contributed by atoms with Crippen molar-refractivity contribution in [3.63, 3.8) is 0 Å². The van der Waals surface area contributed by atoms with Gasteiger partial charge in [0.2, 0.25) is 0 Å². The Bertz CT molecular complexity index is 214. The fraction of sp³-hybridized carbons (Fsp3) is 1.00. The highest BCUT2D eigenvalue weighted by Crippen LogP contribution is 2.58. The SMILES string of the molecule is CCC(C)C(C)(C(C)CC)P([O-])(=S)[S-]. The van der Waals surface area contributed by atoms with Crippen molar-refractivity contribution in [2.24, 2.45) is 11.8 Å². The van der Waals surface area contributed by atoms with Gasteiger partial charge < -0.3 is 17.1 Å². The highest BCUT2D eigenvalue weighted by atomic mass is 32.9. The van der Waals surface area contributed by atoms with E-state index in [1.807, 2.05) is 6.92 Å². The van der Waals surface area contributed by atoms with Crippen molar-refractivity contribution in [1.29, 1.82) is 0 Å². The fourth-order valence-electron chi connectivity index (χ4n) is 1.85. The molecule has 0 aromatic heterocycles. The molecule has 3 atom stereocenters. The van der Waals surface area contributed by atoms with Gasteiger partial charge in [0.25, 0.3) is 0 Å². The number of hydrogen-bond donors (Lipinski definition) is 0. The van der Waals surface area contributed by atoms with Gasteiger partial charge in [0, 0.05) is 0 Å². The maximum absolute atomic E-state index is 12.1. The van der Waals surface area contributed by atoms with Crippen LogP contribution < -0.4 is 4.89 Å². The topological polar surface area (TPSA) is 23.1 Å². The molecule has 14 heavy (non-hydrogen) atoms. The van der Waals surface area contributed by atoms with E-state index in [9.17, 15) is 4.89 Å². The minimum atomic E-state index is -2.87. The molecule has 3 unspecified atom stereocenters. The smallest absolute Gasteiger partial charge is 0.0324 e. The summed E-state index contributed by atoms with van der Waals surface area (Å²) in [6.45, 7) is 10.4. The summed E-state index contributed by atoms with van der Waals surface area (Å²) in [4.78, 5) is 12.1. The van der Waals surface area contributed by atoms with E-state index < -0.39 is 5.47 Å². The minimum absolute atomic E-state index is 0.332. The number of hydrogen-bond acceptors (Lipinski definition) is 3. The Morgan fingerprint density at radius 2 is 1.57 bits per heavy atom. The summed E-state index contributed by atoms with van der Waals surface area (Å²) < 4.78 is 0. The Hall–Kier alpha value is 0.960. The Balaban J connectivity index is 5.16. The molecular formula is C10H21OPS2-2. The molecule has 1 nitrogen and oxygen atoms in total. The molecule has 0 fully saturated rings. The summed E-state index contributed by atoms with van der Waals surface area (Å²) >= 11 is 10.2. The highest BCUT2D eigenvalue weighted by Gasteiger charge is 2.34. The Kier molecular flexibility index (Phi) is 5.70. The van der Waals surface area contributed by atoms with E-state index in [1.54, 1.807) is 0 Å². The van der Waals surface area contributed by atoms with Gasteiger partial charge in [-0.05, 0) is 17.0 Å². The summed E-state index contributed by atoms with van der Waals surface area (Å²) in [6.07, 6.45) is 1.97. The van der Waals surface area contributed by atoms with Crippen molar-refractivity contribution in [2.45, 2.75) is 52.6 Å². The summed E-state index contributed by atoms with van der Waals surface area (Å²) in [5.74, 6) is 0.663. The molecule has 0 saturated heterocycles. The molecule has 0 aliphatic rings. The second-order valence-corrected chi connectivity index (χ2v) is 10.1. The number of rotatable bonds is 5. The van der Waals surface area contributed by atoms with E-state index >= 15 is 0 Å². The van der Waals surface area contributed by atoms with Crippen LogP contribution in [-0.2, 0) is 24.1 Å². The van der Waals surface area contributed by atoms with Gasteiger partial charge in [-0.15, -0.1) is 11.8 Å². The van der Waals surface area contributed by atoms with Crippen molar-refractivity contribution in [1.82, 2.24) is 0 Å². The molecule has 0 bridgehead atoms. The van der Waals surface area contributed by atoms with E-state index in [-0.39, 0.29) is 5.16 Å². The fourth-order valence-corrected chi connectivity index (χ4v) is 5.46. The molecule has 0 saturated carbocycles. The Morgan fingerprint density at radius 1 is 1.29 bits per heavy atom. The van der Waals surface area contributed by atoms with Crippen LogP contribution in [0.25, 0.3) is 0 Å². The van der Waals surface area contributed by atoms with Crippen LogP contribution in [0.3, 0.4) is 0 Å². The second-order valence-electron chi connectivity index (χ2n) is 4.34. The third-order valence-corrected chi connectivity index (χ3v) is 8.23. The molecule has 0 radical (unpaired) electrons. The Morgan fingerprint density at radius 3 is 1.71 bits per heavy atom. The van der Waals surface area contributed by atoms with Crippen LogP contribution in [-0.4, -0.2) is 5.16 Å². The average molecular weight is 252 g/mol. The van der Waals surface area contributed by atoms with Crippen LogP contribution in [0.5, 0.6) is 0 Å². The van der Waals surface area contributed by atoms with Crippen LogP contribution in [0.4, 0.5) is 0 Å². The van der Waals surface area contributed by atoms with E-state index in [4.69, 9.17) is 24.1 Å². The van der Waals surface area contributed by atoms with Gasteiger partial charge in [0.05, 0.1) is 0 Å². The molecule has 86 valence electrons. The molecule has 0 rings (SSSR count). The second kappa shape index (κ2) is 5.34. The van der Waals surface area contributed by atoms with Crippen LogP contribution in [0.15, 0.2) is 0 Å². The van der Waals surface area contributed by atoms with Gasteiger partial charge in [-0.2, -0.15) is 0 Å². The third kappa shape index (κ3) is 2.75. The molecule has 0 aliphatic carbocycles. The lowest BCUT2D eigenvalue weighted by Crippen LogP contribution is -2.42. The standard InChI is InChI=1S/C10H23OPS2/c1-6-8(3)10(5,9(4)7-2)12(11,13)14/h8-9H,6-7H2,1-5H3,(H2,11,13,14)/p-2. The molecular weight excluding hydrogens is 231 g/mol. The minimum Gasteiger partial charge on any atom is -0.838 e. The molecule has 0 aromatic rings. The molecule has 4 heteroatoms. The zero-order valence-electron chi connectivity index (χ0n) is 9.74. The Labute approximate surface area is 98.9 Å². The van der Waals surface area contributed by atoms with Crippen LogP contribution in [0, 0.1) is 11.8 Å². The quantitative estimate of drug-likeness (QED) is 0.555. The van der Waals surface area contributed by atoms with Gasteiger partial charge >= 0.3 is 0 Å². The maximum Gasteiger partial charge on any atom is -0.0324 e. The first-order valence-corrected chi connectivity index (χ1v) is 8.97. The monoisotopic (exact) mass is 252 g/mol. The lowest BCUT2D eigenvalue weighted by Gasteiger charge is -2.59. The van der Waals surface area contributed by atoms with Crippen molar-refractivity contribution in [3.8, 4) is 0 Å². The first kappa shape index (κ1) is 15.0. The molecule has 0 amide bonds. The van der Waals surface area contributed by atoms with Crippen molar-refractivity contribution < 1.29 is 4.89 Å². The molecule has 0 aliphatic heterocycles. The molecule has 0 spiro atoms. The first-order chi connectivity index (χ1) is 6.21. The van der Waals surface area contributed by atoms with Crippen molar-refractivity contribution in [2.75, 3.05) is 0 Å². The van der Waals surface area contributed by atoms with Crippen LogP contribution >= 0.6 is 5.47 Å². The summed E-state index contributed by atoms with van der Waals surface area (Å²) in [6, 6.07) is 0. The molecule has 0 N–H and O–H groups in total. The van der Waals surface area contributed by atoms with Gasteiger partial charge in [-0.1, -0.05) is 47.5 Å². The lowest BCUT2D eigenvalue weighted by molar-refractivity contribution is -0.162. The van der Waals surface area contributed by atoms with Crippen LogP contribution in [0.2, 0.25) is 0 Å². The maximum atomic E-state index is 12.1. The third-order valence-electron chi connectivity index (χ3n) is 3.81. The van der Waals surface area contributed by atoms with Gasteiger partial charge in [0.1, 0.15) is 0 Å². The molecule has 0 aromatic carbocycles. The molecule has 0 heterocycles. The summed E-state index contributed by atoms with van der Waals surface area (Å²) in [5, 5.41) is -0.360. The highest BCUT2D eigenvalue weighted by molar-refractivity contribution is 8.52. The predicted molar refractivity (Wildman–Crippen MR) is 69.0 cm³/mol. The zero-order valence-corrected chi connectivity index (χ0v) is 12.3. The van der Waals surface area contributed by atoms with E-state index in [0.717, 1.165) is 12.8 Å². The van der Waals surface area contributed by atoms with E-state index in [2.05, 4.69) is 27.7 Å². The van der Waals surface area contributed by atoms with E-state index in [1.165, 1.54) is 0 Å². The lowest BCUT2D eigenvalue weighted by atomic mass is 9.81. The first-order valence-electron chi connectivity index (χ1n) is 5.23. The van der Waals surface area contributed by atoms with E-state index in [0.29, 0.717) is 11.8 Å². The van der Waals surface area contributed by atoms with Crippen LogP contribution in [0.1, 0.15) is 47.5 Å². The predicted octanol–water partition coefficient (Wildman–Crippen LogP) is 3.05. The summed E-state index contributed by atoms with van der Waals surface area (Å²) in [7, 11) is 0. The summed E-state index contributed by atoms with van der Waals surface area (Å²) in [5.41, 5.74) is -2.87. The average Bonchev–Trinajstić information content (AvgIpc) is 2.12. The van der Waals surface area contributed by atoms with Crippen molar-refractivity contribution >= 4 is 29.5 Å². The zero-order chi connectivity index (χ0) is 11.6. The normalized spacial score (nSPS) is 24.8. The van der Waals surface area contributed by atoms with Gasteiger partial charge in [0.15, 0.2) is 0 Å². The largest absolute Gasteiger partial charge is 0.838 e. The van der Waals surface area contributed by atoms with Crippen molar-refractivity contribution in [3.05, 3.63) is 0 Å².